The summed E-state index contributed by atoms with van der Waals surface area (Å²) in [7, 11) is 1.67. The Labute approximate surface area is 90.2 Å². The number of fused-ring (bicyclic) bond motifs is 1. The lowest BCUT2D eigenvalue weighted by Crippen LogP contribution is -2.09. The molecule has 0 fully saturated rings. The van der Waals surface area contributed by atoms with E-state index in [1.165, 1.54) is 11.1 Å². The average Bonchev–Trinajstić information content (AvgIpc) is 2.74. The Morgan fingerprint density at radius 2 is 2.33 bits per heavy atom. The van der Waals surface area contributed by atoms with Gasteiger partial charge in [0.15, 0.2) is 11.5 Å². The molecule has 0 bridgehead atoms. The topological polar surface area (TPSA) is 44.5 Å². The summed E-state index contributed by atoms with van der Waals surface area (Å²) in [6.07, 6.45) is 0.969. The minimum absolute atomic E-state index is 0.366. The van der Waals surface area contributed by atoms with E-state index in [1.807, 2.05) is 6.07 Å². The molecule has 2 rings (SSSR count). The van der Waals surface area contributed by atoms with Gasteiger partial charge >= 0.3 is 0 Å². The van der Waals surface area contributed by atoms with E-state index < -0.39 is 0 Å². The maximum atomic E-state index is 5.67. The van der Waals surface area contributed by atoms with Crippen LogP contribution >= 0.6 is 0 Å². The van der Waals surface area contributed by atoms with Crippen molar-refractivity contribution in [1.82, 2.24) is 0 Å². The molecule has 2 N–H and O–H groups in total. The highest BCUT2D eigenvalue weighted by atomic mass is 16.5. The summed E-state index contributed by atoms with van der Waals surface area (Å²) >= 11 is 0. The fraction of sp³-hybridized carbons (Fsp3) is 0.500. The number of methoxy groups -OCH3 is 1. The molecule has 0 amide bonds. The predicted octanol–water partition coefficient (Wildman–Crippen LogP) is 1.69. The van der Waals surface area contributed by atoms with Gasteiger partial charge in [-0.25, -0.2) is 0 Å². The summed E-state index contributed by atoms with van der Waals surface area (Å²) in [6.45, 7) is 3.53. The molecule has 1 unspecified atom stereocenters. The Bertz CT molecular complexity index is 363. The third kappa shape index (κ3) is 1.79. The molecule has 1 heterocycles. The van der Waals surface area contributed by atoms with E-state index in [2.05, 4.69) is 13.0 Å². The van der Waals surface area contributed by atoms with Crippen LogP contribution in [-0.4, -0.2) is 20.3 Å². The van der Waals surface area contributed by atoms with Crippen molar-refractivity contribution in [1.29, 1.82) is 0 Å². The van der Waals surface area contributed by atoms with Gasteiger partial charge in [-0.1, -0.05) is 13.0 Å². The molecular weight excluding hydrogens is 190 g/mol. The molecule has 15 heavy (non-hydrogen) atoms. The fourth-order valence-corrected chi connectivity index (χ4v) is 1.87. The molecule has 0 spiro atoms. The third-order valence-electron chi connectivity index (χ3n) is 2.91. The normalized spacial score (nSPS) is 15.7. The van der Waals surface area contributed by atoms with Crippen LogP contribution in [0.2, 0.25) is 0 Å². The molecule has 0 aromatic heterocycles. The first kappa shape index (κ1) is 10.3. The largest absolute Gasteiger partial charge is 0.493 e. The van der Waals surface area contributed by atoms with Gasteiger partial charge in [0, 0.05) is 12.0 Å². The summed E-state index contributed by atoms with van der Waals surface area (Å²) in [4.78, 5) is 0. The Kier molecular flexibility index (Phi) is 2.82. The molecule has 3 nitrogen and oxygen atoms in total. The van der Waals surface area contributed by atoms with E-state index in [1.54, 1.807) is 7.11 Å². The number of nitrogens with two attached hydrogens (primary N) is 1. The lowest BCUT2D eigenvalue weighted by molar-refractivity contribution is 0.326. The second kappa shape index (κ2) is 4.11. The standard InChI is InChI=1S/C12H17NO2/c1-8(7-13)10-5-9-3-4-15-12(9)11(6-10)14-2/h5-6,8H,3-4,7,13H2,1-2H3. The van der Waals surface area contributed by atoms with Crippen LogP contribution in [0.25, 0.3) is 0 Å². The van der Waals surface area contributed by atoms with E-state index in [-0.39, 0.29) is 0 Å². The summed E-state index contributed by atoms with van der Waals surface area (Å²) in [5.74, 6) is 2.11. The molecule has 1 aromatic rings. The van der Waals surface area contributed by atoms with Crippen LogP contribution in [0, 0.1) is 0 Å². The highest BCUT2D eigenvalue weighted by Gasteiger charge is 2.19. The quantitative estimate of drug-likeness (QED) is 0.820. The summed E-state index contributed by atoms with van der Waals surface area (Å²) < 4.78 is 10.9. The zero-order chi connectivity index (χ0) is 10.8. The average molecular weight is 207 g/mol. The molecule has 0 saturated carbocycles. The van der Waals surface area contributed by atoms with Crippen LogP contribution < -0.4 is 15.2 Å². The van der Waals surface area contributed by atoms with Crippen molar-refractivity contribution >= 4 is 0 Å². The van der Waals surface area contributed by atoms with Crippen LogP contribution in [-0.2, 0) is 6.42 Å². The van der Waals surface area contributed by atoms with Gasteiger partial charge in [-0.3, -0.25) is 0 Å². The van der Waals surface area contributed by atoms with Crippen LogP contribution in [0.5, 0.6) is 11.5 Å². The molecule has 1 atom stereocenters. The van der Waals surface area contributed by atoms with E-state index in [0.717, 1.165) is 24.5 Å². The first-order chi connectivity index (χ1) is 7.26. The maximum Gasteiger partial charge on any atom is 0.164 e. The highest BCUT2D eigenvalue weighted by molar-refractivity contribution is 5.52. The predicted molar refractivity (Wildman–Crippen MR) is 59.7 cm³/mol. The van der Waals surface area contributed by atoms with E-state index >= 15 is 0 Å². The first-order valence-electron chi connectivity index (χ1n) is 5.30. The number of hydrogen-bond acceptors (Lipinski definition) is 3. The zero-order valence-electron chi connectivity index (χ0n) is 9.25. The number of rotatable bonds is 3. The van der Waals surface area contributed by atoms with E-state index in [0.29, 0.717) is 12.5 Å². The first-order valence-corrected chi connectivity index (χ1v) is 5.30. The third-order valence-corrected chi connectivity index (χ3v) is 2.91. The maximum absolute atomic E-state index is 5.67. The Hall–Kier alpha value is -1.22. The smallest absolute Gasteiger partial charge is 0.164 e. The minimum atomic E-state index is 0.366. The molecule has 1 aliphatic heterocycles. The molecule has 1 aliphatic rings. The second-order valence-corrected chi connectivity index (χ2v) is 3.95. The van der Waals surface area contributed by atoms with Crippen LogP contribution in [0.3, 0.4) is 0 Å². The van der Waals surface area contributed by atoms with Crippen molar-refractivity contribution < 1.29 is 9.47 Å². The highest BCUT2D eigenvalue weighted by Crippen LogP contribution is 2.38. The second-order valence-electron chi connectivity index (χ2n) is 3.95. The van der Waals surface area contributed by atoms with Crippen molar-refractivity contribution in [3.05, 3.63) is 23.3 Å². The van der Waals surface area contributed by atoms with Crippen molar-refractivity contribution in [2.45, 2.75) is 19.3 Å². The van der Waals surface area contributed by atoms with Gasteiger partial charge in [-0.2, -0.15) is 0 Å². The Balaban J connectivity index is 2.43. The van der Waals surface area contributed by atoms with Crippen molar-refractivity contribution in [3.63, 3.8) is 0 Å². The molecule has 1 aromatic carbocycles. The van der Waals surface area contributed by atoms with Crippen LogP contribution in [0.1, 0.15) is 24.0 Å². The SMILES string of the molecule is COc1cc(C(C)CN)cc2c1OCC2. The summed E-state index contributed by atoms with van der Waals surface area (Å²) in [5.41, 5.74) is 8.14. The van der Waals surface area contributed by atoms with Gasteiger partial charge in [-0.05, 0) is 24.1 Å². The summed E-state index contributed by atoms with van der Waals surface area (Å²) in [5, 5.41) is 0. The van der Waals surface area contributed by atoms with Gasteiger partial charge in [0.1, 0.15) is 0 Å². The number of hydrogen-bond donors (Lipinski definition) is 1. The molecule has 0 saturated heterocycles. The van der Waals surface area contributed by atoms with E-state index in [4.69, 9.17) is 15.2 Å². The molecule has 3 heteroatoms. The van der Waals surface area contributed by atoms with Crippen molar-refractivity contribution in [2.24, 2.45) is 5.73 Å². The lowest BCUT2D eigenvalue weighted by Gasteiger charge is -2.13. The zero-order valence-corrected chi connectivity index (χ0v) is 9.25. The van der Waals surface area contributed by atoms with Crippen molar-refractivity contribution in [2.75, 3.05) is 20.3 Å². The Morgan fingerprint density at radius 3 is 3.00 bits per heavy atom. The summed E-state index contributed by atoms with van der Waals surface area (Å²) in [6, 6.07) is 4.21. The lowest BCUT2D eigenvalue weighted by atomic mass is 9.98. The van der Waals surface area contributed by atoms with Gasteiger partial charge in [0.25, 0.3) is 0 Å². The van der Waals surface area contributed by atoms with E-state index in [9.17, 15) is 0 Å². The number of ether oxygens (including phenoxy) is 2. The molecule has 0 radical (unpaired) electrons. The van der Waals surface area contributed by atoms with Crippen molar-refractivity contribution in [3.8, 4) is 11.5 Å². The minimum Gasteiger partial charge on any atom is -0.493 e. The van der Waals surface area contributed by atoms with Crippen LogP contribution in [0.4, 0.5) is 0 Å². The fourth-order valence-electron chi connectivity index (χ4n) is 1.87. The van der Waals surface area contributed by atoms with Gasteiger partial charge in [0.05, 0.1) is 13.7 Å². The molecular formula is C12H17NO2. The molecule has 82 valence electrons. The molecule has 0 aliphatic carbocycles. The van der Waals surface area contributed by atoms with Gasteiger partial charge < -0.3 is 15.2 Å². The van der Waals surface area contributed by atoms with Crippen LogP contribution in [0.15, 0.2) is 12.1 Å². The number of benzene rings is 1. The van der Waals surface area contributed by atoms with Gasteiger partial charge in [0.2, 0.25) is 0 Å². The Morgan fingerprint density at radius 1 is 1.53 bits per heavy atom. The monoisotopic (exact) mass is 207 g/mol. The van der Waals surface area contributed by atoms with Gasteiger partial charge in [-0.15, -0.1) is 0 Å².